The molecule has 0 aromatic heterocycles. The minimum Gasteiger partial charge on any atom is -0.0654 e. The van der Waals surface area contributed by atoms with Crippen molar-refractivity contribution < 1.29 is 0 Å². The summed E-state index contributed by atoms with van der Waals surface area (Å²) in [6.45, 7) is 8.63. The fourth-order valence-corrected chi connectivity index (χ4v) is 4.52. The van der Waals surface area contributed by atoms with E-state index in [9.17, 15) is 0 Å². The van der Waals surface area contributed by atoms with Crippen molar-refractivity contribution in [3.63, 3.8) is 0 Å². The third-order valence-corrected chi connectivity index (χ3v) is 6.54. The highest BCUT2D eigenvalue weighted by Crippen LogP contribution is 2.23. The quantitative estimate of drug-likeness (QED) is 0.143. The molecule has 0 heterocycles. The summed E-state index contributed by atoms with van der Waals surface area (Å²) in [6.07, 6.45) is 34.7. The highest BCUT2D eigenvalue weighted by atomic mass is 14.1. The van der Waals surface area contributed by atoms with Crippen molar-refractivity contribution in [3.05, 3.63) is 6.92 Å². The van der Waals surface area contributed by atoms with Crippen molar-refractivity contribution in [3.8, 4) is 0 Å². The van der Waals surface area contributed by atoms with Gasteiger partial charge in [0.05, 0.1) is 0 Å². The Morgan fingerprint density at radius 3 is 1.11 bits per heavy atom. The predicted octanol–water partition coefficient (Wildman–Crippen LogP) is 10.8. The fourth-order valence-electron chi connectivity index (χ4n) is 4.52. The Morgan fingerprint density at radius 1 is 0.393 bits per heavy atom. The van der Waals surface area contributed by atoms with Crippen LogP contribution in [0, 0.1) is 12.8 Å². The zero-order valence-electron chi connectivity index (χ0n) is 20.3. The van der Waals surface area contributed by atoms with E-state index in [0.29, 0.717) is 0 Å². The van der Waals surface area contributed by atoms with Gasteiger partial charge in [0, 0.05) is 0 Å². The molecule has 1 unspecified atom stereocenters. The Hall–Kier alpha value is 0. The van der Waals surface area contributed by atoms with Gasteiger partial charge < -0.3 is 0 Å². The second-order valence-electron chi connectivity index (χ2n) is 9.45. The first kappa shape index (κ1) is 28.0. The number of hydrogen-bond acceptors (Lipinski definition) is 0. The van der Waals surface area contributed by atoms with Crippen LogP contribution in [0.4, 0.5) is 0 Å². The first-order chi connectivity index (χ1) is 13.8. The minimum atomic E-state index is 1.01. The van der Waals surface area contributed by atoms with Gasteiger partial charge in [-0.2, -0.15) is 0 Å². The smallest absolute Gasteiger partial charge is 0.0414 e. The largest absolute Gasteiger partial charge is 0.0654 e. The van der Waals surface area contributed by atoms with E-state index < -0.39 is 0 Å². The second-order valence-corrected chi connectivity index (χ2v) is 9.45. The number of unbranched alkanes of at least 4 members (excludes halogenated alkanes) is 18. The summed E-state index contributed by atoms with van der Waals surface area (Å²) >= 11 is 0. The lowest BCUT2D eigenvalue weighted by atomic mass is 9.90. The van der Waals surface area contributed by atoms with Gasteiger partial charge in [-0.05, 0) is 5.92 Å². The lowest BCUT2D eigenvalue weighted by Gasteiger charge is -2.16. The van der Waals surface area contributed by atoms with Crippen molar-refractivity contribution in [2.75, 3.05) is 0 Å². The van der Waals surface area contributed by atoms with E-state index >= 15 is 0 Å². The Labute approximate surface area is 181 Å². The lowest BCUT2D eigenvalue weighted by molar-refractivity contribution is 0.374. The molecule has 0 rings (SSSR count). The maximum absolute atomic E-state index is 3.99. The highest BCUT2D eigenvalue weighted by molar-refractivity contribution is 4.61. The molecule has 0 fully saturated rings. The van der Waals surface area contributed by atoms with Crippen molar-refractivity contribution in [2.24, 2.45) is 5.92 Å². The summed E-state index contributed by atoms with van der Waals surface area (Å²) in [5.74, 6) is 1.01. The molecule has 0 amide bonds. The van der Waals surface area contributed by atoms with Crippen LogP contribution >= 0.6 is 0 Å². The van der Waals surface area contributed by atoms with Crippen molar-refractivity contribution in [1.29, 1.82) is 0 Å². The zero-order valence-corrected chi connectivity index (χ0v) is 20.3. The molecular weight excluding hydrogens is 336 g/mol. The Bertz CT molecular complexity index is 257. The first-order valence-corrected chi connectivity index (χ1v) is 13.6. The molecule has 0 aromatic rings. The summed E-state index contributed by atoms with van der Waals surface area (Å²) in [5.41, 5.74) is 0. The summed E-state index contributed by atoms with van der Waals surface area (Å²) in [4.78, 5) is 0. The van der Waals surface area contributed by atoms with E-state index in [1.54, 1.807) is 0 Å². The van der Waals surface area contributed by atoms with E-state index in [0.717, 1.165) is 12.3 Å². The molecule has 0 nitrogen and oxygen atoms in total. The summed E-state index contributed by atoms with van der Waals surface area (Å²) in [6, 6.07) is 0. The molecular formula is C28H57. The van der Waals surface area contributed by atoms with E-state index in [1.165, 1.54) is 148 Å². The molecule has 169 valence electrons. The molecule has 0 saturated carbocycles. The molecule has 0 saturated heterocycles. The van der Waals surface area contributed by atoms with E-state index in [-0.39, 0.29) is 0 Å². The predicted molar refractivity (Wildman–Crippen MR) is 131 cm³/mol. The first-order valence-electron chi connectivity index (χ1n) is 13.6. The molecule has 1 atom stereocenters. The van der Waals surface area contributed by atoms with Crippen LogP contribution in [0.1, 0.15) is 168 Å². The third-order valence-electron chi connectivity index (χ3n) is 6.54. The standard InChI is InChI=1S/C28H57/c1-4-7-10-11-12-13-14-15-16-17-18-19-20-21-22-24-27-28(25-9-6-3)26-23-8-5-2/h28H,2,4-27H2,1,3H3. The van der Waals surface area contributed by atoms with Crippen molar-refractivity contribution >= 4 is 0 Å². The molecule has 0 bridgehead atoms. The van der Waals surface area contributed by atoms with E-state index in [1.807, 2.05) is 0 Å². The highest BCUT2D eigenvalue weighted by Gasteiger charge is 2.07. The summed E-state index contributed by atoms with van der Waals surface area (Å²) < 4.78 is 0. The Morgan fingerprint density at radius 2 is 0.714 bits per heavy atom. The Kier molecular flexibility index (Phi) is 25.0. The van der Waals surface area contributed by atoms with Crippen molar-refractivity contribution in [1.82, 2.24) is 0 Å². The molecule has 0 spiro atoms. The van der Waals surface area contributed by atoms with Gasteiger partial charge in [0.1, 0.15) is 0 Å². The Balaban J connectivity index is 3.30. The van der Waals surface area contributed by atoms with Crippen LogP contribution in [-0.2, 0) is 0 Å². The van der Waals surface area contributed by atoms with Crippen LogP contribution in [0.2, 0.25) is 0 Å². The molecule has 0 heteroatoms. The summed E-state index contributed by atoms with van der Waals surface area (Å²) in [7, 11) is 0. The average molecular weight is 394 g/mol. The fraction of sp³-hybridized carbons (Fsp3) is 0.964. The molecule has 0 aromatic carbocycles. The SMILES string of the molecule is [CH2]CCCCC(CCCC)CCCCCCCCCCCCCCCCCC. The lowest BCUT2D eigenvalue weighted by Crippen LogP contribution is -2.01. The van der Waals surface area contributed by atoms with Crippen LogP contribution in [0.15, 0.2) is 0 Å². The van der Waals surface area contributed by atoms with Gasteiger partial charge in [0.2, 0.25) is 0 Å². The van der Waals surface area contributed by atoms with Gasteiger partial charge in [0.25, 0.3) is 0 Å². The van der Waals surface area contributed by atoms with Gasteiger partial charge in [-0.25, -0.2) is 0 Å². The summed E-state index contributed by atoms with van der Waals surface area (Å²) in [5, 5.41) is 0. The molecule has 1 radical (unpaired) electrons. The van der Waals surface area contributed by atoms with Gasteiger partial charge >= 0.3 is 0 Å². The van der Waals surface area contributed by atoms with E-state index in [2.05, 4.69) is 20.8 Å². The topological polar surface area (TPSA) is 0 Å². The van der Waals surface area contributed by atoms with Crippen molar-refractivity contribution in [2.45, 2.75) is 168 Å². The molecule has 0 aliphatic carbocycles. The van der Waals surface area contributed by atoms with E-state index in [4.69, 9.17) is 0 Å². The average Bonchev–Trinajstić information content (AvgIpc) is 2.71. The maximum Gasteiger partial charge on any atom is -0.0414 e. The monoisotopic (exact) mass is 393 g/mol. The number of hydrogen-bond donors (Lipinski definition) is 0. The molecule has 0 aliphatic heterocycles. The second kappa shape index (κ2) is 25.0. The zero-order chi connectivity index (χ0) is 20.5. The van der Waals surface area contributed by atoms with Crippen LogP contribution < -0.4 is 0 Å². The third kappa shape index (κ3) is 22.3. The van der Waals surface area contributed by atoms with Gasteiger partial charge in [0.15, 0.2) is 0 Å². The maximum atomic E-state index is 3.99. The minimum absolute atomic E-state index is 1.01. The van der Waals surface area contributed by atoms with Crippen LogP contribution in [0.3, 0.4) is 0 Å². The molecule has 0 aliphatic rings. The van der Waals surface area contributed by atoms with Crippen LogP contribution in [-0.4, -0.2) is 0 Å². The normalized spacial score (nSPS) is 12.5. The van der Waals surface area contributed by atoms with Crippen LogP contribution in [0.5, 0.6) is 0 Å². The number of rotatable bonds is 24. The van der Waals surface area contributed by atoms with Gasteiger partial charge in [-0.3, -0.25) is 0 Å². The van der Waals surface area contributed by atoms with Gasteiger partial charge in [-0.15, -0.1) is 0 Å². The van der Waals surface area contributed by atoms with Crippen LogP contribution in [0.25, 0.3) is 0 Å². The molecule has 0 N–H and O–H groups in total. The molecule has 28 heavy (non-hydrogen) atoms. The van der Waals surface area contributed by atoms with Gasteiger partial charge in [-0.1, -0.05) is 175 Å².